The first-order chi connectivity index (χ1) is 8.65. The van der Waals surface area contributed by atoms with Gasteiger partial charge in [-0.25, -0.2) is 0 Å². The molecule has 0 radical (unpaired) electrons. The average Bonchev–Trinajstić information content (AvgIpc) is 2.80. The van der Waals surface area contributed by atoms with Crippen LogP contribution in [0.2, 0.25) is 5.02 Å². The van der Waals surface area contributed by atoms with Crippen LogP contribution in [-0.4, -0.2) is 27.6 Å². The number of rotatable bonds is 5. The Bertz CT molecular complexity index is 505. The summed E-state index contributed by atoms with van der Waals surface area (Å²) >= 11 is 9.18. The molecule has 18 heavy (non-hydrogen) atoms. The smallest absolute Gasteiger partial charge is 0.133 e. The molecule has 1 atom stereocenters. The van der Waals surface area contributed by atoms with Gasteiger partial charge in [-0.1, -0.05) is 11.6 Å². The second-order valence-corrected chi connectivity index (χ2v) is 5.06. The normalized spacial score (nSPS) is 12.4. The highest BCUT2D eigenvalue weighted by molar-refractivity contribution is 9.10. The fourth-order valence-corrected chi connectivity index (χ4v) is 2.25. The molecule has 0 saturated carbocycles. The summed E-state index contributed by atoms with van der Waals surface area (Å²) in [4.78, 5) is 0. The average molecular weight is 332 g/mol. The molecule has 2 rings (SSSR count). The van der Waals surface area contributed by atoms with Gasteiger partial charge in [-0.05, 0) is 40.2 Å². The van der Waals surface area contributed by atoms with Crippen molar-refractivity contribution in [1.29, 1.82) is 0 Å². The molecule has 0 saturated heterocycles. The molecule has 0 bridgehead atoms. The van der Waals surface area contributed by atoms with Gasteiger partial charge in [-0.15, -0.1) is 0 Å². The predicted molar refractivity (Wildman–Crippen MR) is 72.9 cm³/mol. The highest BCUT2D eigenvalue weighted by atomic mass is 79.9. The lowest BCUT2D eigenvalue weighted by Gasteiger charge is -2.13. The maximum Gasteiger partial charge on any atom is 0.133 e. The molecule has 1 aromatic carbocycles. The number of halogens is 2. The van der Waals surface area contributed by atoms with Crippen LogP contribution < -0.4 is 4.74 Å². The van der Waals surface area contributed by atoms with Gasteiger partial charge < -0.3 is 9.84 Å². The quantitative estimate of drug-likeness (QED) is 0.916. The van der Waals surface area contributed by atoms with Crippen LogP contribution in [0, 0.1) is 0 Å². The third kappa shape index (κ3) is 3.73. The van der Waals surface area contributed by atoms with E-state index in [1.807, 2.05) is 6.07 Å². The molecule has 0 aliphatic heterocycles. The lowest BCUT2D eigenvalue weighted by Crippen LogP contribution is -2.23. The van der Waals surface area contributed by atoms with E-state index < -0.39 is 6.10 Å². The second kappa shape index (κ2) is 6.22. The van der Waals surface area contributed by atoms with Crippen LogP contribution >= 0.6 is 27.5 Å². The van der Waals surface area contributed by atoms with Gasteiger partial charge in [0.15, 0.2) is 0 Å². The Morgan fingerprint density at radius 1 is 1.50 bits per heavy atom. The minimum atomic E-state index is -0.618. The highest BCUT2D eigenvalue weighted by Crippen LogP contribution is 2.27. The number of nitrogens with zero attached hydrogens (tertiary/aromatic N) is 2. The maximum atomic E-state index is 9.80. The lowest BCUT2D eigenvalue weighted by atomic mass is 10.3. The summed E-state index contributed by atoms with van der Waals surface area (Å²) in [5.41, 5.74) is 0. The molecular formula is C12H12BrClN2O2. The fraction of sp³-hybridized carbons (Fsp3) is 0.250. The molecule has 0 fully saturated rings. The molecule has 0 aliphatic carbocycles. The zero-order valence-electron chi connectivity index (χ0n) is 9.46. The van der Waals surface area contributed by atoms with Gasteiger partial charge >= 0.3 is 0 Å². The predicted octanol–water partition coefficient (Wildman–Crippen LogP) is 2.74. The Morgan fingerprint density at radius 2 is 2.33 bits per heavy atom. The van der Waals surface area contributed by atoms with E-state index in [4.69, 9.17) is 16.3 Å². The van der Waals surface area contributed by atoms with E-state index in [1.165, 1.54) is 0 Å². The van der Waals surface area contributed by atoms with Crippen LogP contribution in [0.1, 0.15) is 0 Å². The van der Waals surface area contributed by atoms with Crippen LogP contribution in [0.15, 0.2) is 41.1 Å². The van der Waals surface area contributed by atoms with Gasteiger partial charge in [0, 0.05) is 17.4 Å². The van der Waals surface area contributed by atoms with Crippen LogP contribution in [0.4, 0.5) is 0 Å². The number of hydrogen-bond acceptors (Lipinski definition) is 3. The van der Waals surface area contributed by atoms with Gasteiger partial charge in [0.05, 0.1) is 11.0 Å². The topological polar surface area (TPSA) is 47.3 Å². The van der Waals surface area contributed by atoms with E-state index in [0.29, 0.717) is 17.3 Å². The summed E-state index contributed by atoms with van der Waals surface area (Å²) in [5, 5.41) is 14.4. The number of aromatic nitrogens is 2. The number of aliphatic hydroxyl groups excluding tert-OH is 1. The number of aliphatic hydroxyl groups is 1. The van der Waals surface area contributed by atoms with Crippen LogP contribution in [0.25, 0.3) is 0 Å². The summed E-state index contributed by atoms with van der Waals surface area (Å²) in [6.07, 6.45) is 2.85. The monoisotopic (exact) mass is 330 g/mol. The van der Waals surface area contributed by atoms with Crippen molar-refractivity contribution in [1.82, 2.24) is 9.78 Å². The number of ether oxygens (including phenoxy) is 1. The first-order valence-corrected chi connectivity index (χ1v) is 6.55. The Kier molecular flexibility index (Phi) is 4.63. The molecule has 4 nitrogen and oxygen atoms in total. The number of hydrogen-bond donors (Lipinski definition) is 1. The van der Waals surface area contributed by atoms with Gasteiger partial charge in [0.2, 0.25) is 0 Å². The van der Waals surface area contributed by atoms with E-state index in [-0.39, 0.29) is 6.61 Å². The Labute approximate surface area is 118 Å². The van der Waals surface area contributed by atoms with Crippen molar-refractivity contribution in [2.75, 3.05) is 6.61 Å². The van der Waals surface area contributed by atoms with Gasteiger partial charge in [-0.3, -0.25) is 4.68 Å². The van der Waals surface area contributed by atoms with E-state index in [0.717, 1.165) is 4.47 Å². The van der Waals surface area contributed by atoms with E-state index >= 15 is 0 Å². The molecule has 6 heteroatoms. The van der Waals surface area contributed by atoms with Crippen molar-refractivity contribution in [3.8, 4) is 5.75 Å². The summed E-state index contributed by atoms with van der Waals surface area (Å²) in [6.45, 7) is 0.596. The number of benzene rings is 1. The van der Waals surface area contributed by atoms with E-state index in [2.05, 4.69) is 21.0 Å². The van der Waals surface area contributed by atoms with Gasteiger partial charge in [0.25, 0.3) is 0 Å². The highest BCUT2D eigenvalue weighted by Gasteiger charge is 2.08. The second-order valence-electron chi connectivity index (χ2n) is 3.77. The first-order valence-electron chi connectivity index (χ1n) is 5.38. The van der Waals surface area contributed by atoms with Crippen molar-refractivity contribution >= 4 is 27.5 Å². The molecule has 1 N–H and O–H groups in total. The lowest BCUT2D eigenvalue weighted by molar-refractivity contribution is 0.0890. The first kappa shape index (κ1) is 13.4. The van der Waals surface area contributed by atoms with Crippen molar-refractivity contribution < 1.29 is 9.84 Å². The summed E-state index contributed by atoms with van der Waals surface area (Å²) < 4.78 is 7.93. The summed E-state index contributed by atoms with van der Waals surface area (Å²) in [5.74, 6) is 0.652. The van der Waals surface area contributed by atoms with Crippen molar-refractivity contribution in [3.05, 3.63) is 46.2 Å². The maximum absolute atomic E-state index is 9.80. The fourth-order valence-electron chi connectivity index (χ4n) is 1.46. The minimum absolute atomic E-state index is 0.195. The zero-order valence-corrected chi connectivity index (χ0v) is 11.8. The van der Waals surface area contributed by atoms with Crippen molar-refractivity contribution in [3.63, 3.8) is 0 Å². The Balaban J connectivity index is 1.87. The van der Waals surface area contributed by atoms with Gasteiger partial charge in [0.1, 0.15) is 18.5 Å². The zero-order chi connectivity index (χ0) is 13.0. The molecule has 96 valence electrons. The van der Waals surface area contributed by atoms with Crippen LogP contribution in [0.3, 0.4) is 0 Å². The molecule has 0 amide bonds. The third-order valence-electron chi connectivity index (χ3n) is 2.28. The van der Waals surface area contributed by atoms with Crippen molar-refractivity contribution in [2.45, 2.75) is 12.6 Å². The molecule has 1 unspecified atom stereocenters. The van der Waals surface area contributed by atoms with Crippen molar-refractivity contribution in [2.24, 2.45) is 0 Å². The minimum Gasteiger partial charge on any atom is -0.490 e. The summed E-state index contributed by atoms with van der Waals surface area (Å²) in [6, 6.07) is 7.05. The molecule has 0 aliphatic rings. The molecule has 0 spiro atoms. The van der Waals surface area contributed by atoms with E-state index in [1.54, 1.807) is 35.3 Å². The largest absolute Gasteiger partial charge is 0.490 e. The Morgan fingerprint density at radius 3 is 3.00 bits per heavy atom. The standard InChI is InChI=1S/C12H12BrClN2O2/c13-11-6-9(14)2-3-12(11)18-8-10(17)7-16-5-1-4-15-16/h1-6,10,17H,7-8H2. The molecule has 1 aromatic heterocycles. The van der Waals surface area contributed by atoms with E-state index in [9.17, 15) is 5.11 Å². The molecule has 2 aromatic rings. The van der Waals surface area contributed by atoms with Crippen LogP contribution in [0.5, 0.6) is 5.75 Å². The third-order valence-corrected chi connectivity index (χ3v) is 3.14. The SMILES string of the molecule is OC(COc1ccc(Cl)cc1Br)Cn1cccn1. The van der Waals surface area contributed by atoms with Gasteiger partial charge in [-0.2, -0.15) is 5.10 Å². The molecule has 1 heterocycles. The molecular weight excluding hydrogens is 320 g/mol. The Hall–Kier alpha value is -1.04. The summed E-state index contributed by atoms with van der Waals surface area (Å²) in [7, 11) is 0. The van der Waals surface area contributed by atoms with Crippen LogP contribution in [-0.2, 0) is 6.54 Å².